The minimum absolute atomic E-state index is 0.0441. The fourth-order valence-electron chi connectivity index (χ4n) is 3.31. The van der Waals surface area contributed by atoms with E-state index in [0.717, 1.165) is 41.5 Å². The smallest absolute Gasteiger partial charge is 0.226 e. The van der Waals surface area contributed by atoms with Crippen molar-refractivity contribution in [1.29, 1.82) is 0 Å². The van der Waals surface area contributed by atoms with Crippen LogP contribution >= 0.6 is 0 Å². The van der Waals surface area contributed by atoms with Crippen LogP contribution in [0, 0.1) is 5.92 Å². The molecule has 0 bridgehead atoms. The molecule has 2 atom stereocenters. The highest BCUT2D eigenvalue weighted by Gasteiger charge is 2.27. The van der Waals surface area contributed by atoms with Crippen LogP contribution in [0.3, 0.4) is 0 Å². The zero-order valence-electron chi connectivity index (χ0n) is 13.6. The molecule has 0 aliphatic heterocycles. The monoisotopic (exact) mass is 317 g/mol. The summed E-state index contributed by atoms with van der Waals surface area (Å²) in [6.07, 6.45) is 4.56. The normalized spacial score (nSPS) is 20.8. The number of amides is 1. The molecule has 0 spiro atoms. The van der Waals surface area contributed by atoms with E-state index in [1.54, 1.807) is 25.3 Å². The van der Waals surface area contributed by atoms with E-state index in [2.05, 4.69) is 0 Å². The lowest BCUT2D eigenvalue weighted by molar-refractivity contribution is -0.130. The number of hydrogen-bond acceptors (Lipinski definition) is 4. The van der Waals surface area contributed by atoms with Gasteiger partial charge in [-0.3, -0.25) is 4.79 Å². The summed E-state index contributed by atoms with van der Waals surface area (Å²) in [7, 11) is 3.42. The van der Waals surface area contributed by atoms with Crippen LogP contribution in [0.1, 0.15) is 24.8 Å². The van der Waals surface area contributed by atoms with Crippen molar-refractivity contribution in [3.8, 4) is 5.75 Å². The predicted molar refractivity (Wildman–Crippen MR) is 87.5 cm³/mol. The second kappa shape index (κ2) is 6.62. The Kier molecular flexibility index (Phi) is 4.57. The fourth-order valence-corrected chi connectivity index (χ4v) is 3.31. The van der Waals surface area contributed by atoms with Crippen LogP contribution in [0.2, 0.25) is 0 Å². The maximum absolute atomic E-state index is 12.4. The molecule has 0 saturated heterocycles. The van der Waals surface area contributed by atoms with Gasteiger partial charge in [-0.2, -0.15) is 0 Å². The van der Waals surface area contributed by atoms with Crippen molar-refractivity contribution >= 4 is 16.9 Å². The van der Waals surface area contributed by atoms with Gasteiger partial charge in [-0.05, 0) is 25.0 Å². The quantitative estimate of drug-likeness (QED) is 0.921. The van der Waals surface area contributed by atoms with Gasteiger partial charge in [0.1, 0.15) is 11.3 Å². The van der Waals surface area contributed by atoms with Gasteiger partial charge in [0.05, 0.1) is 25.9 Å². The van der Waals surface area contributed by atoms with Crippen LogP contribution in [0.4, 0.5) is 0 Å². The van der Waals surface area contributed by atoms with Crippen molar-refractivity contribution in [2.24, 2.45) is 5.92 Å². The molecule has 1 fully saturated rings. The molecule has 1 aromatic heterocycles. The molecule has 1 amide bonds. The zero-order valence-corrected chi connectivity index (χ0v) is 13.6. The third-order valence-corrected chi connectivity index (χ3v) is 4.76. The van der Waals surface area contributed by atoms with Crippen LogP contribution in [-0.4, -0.2) is 42.7 Å². The number of nitrogens with zero attached hydrogens (tertiary/aromatic N) is 1. The molecular formula is C18H23NO4. The molecule has 0 radical (unpaired) electrons. The minimum atomic E-state index is -0.271. The van der Waals surface area contributed by atoms with Gasteiger partial charge in [0.2, 0.25) is 5.91 Å². The summed E-state index contributed by atoms with van der Waals surface area (Å²) >= 11 is 0. The standard InChI is InChI=1S/C18H23NO4/c1-19(10-12-4-3-5-16(12)20)18(21)8-13-11-23-17-9-14(22-2)6-7-15(13)17/h6-7,9,11-12,16,20H,3-5,8,10H2,1-2H3. The van der Waals surface area contributed by atoms with Gasteiger partial charge >= 0.3 is 0 Å². The highest BCUT2D eigenvalue weighted by atomic mass is 16.5. The van der Waals surface area contributed by atoms with E-state index in [-0.39, 0.29) is 17.9 Å². The summed E-state index contributed by atoms with van der Waals surface area (Å²) in [4.78, 5) is 14.2. The topological polar surface area (TPSA) is 62.9 Å². The van der Waals surface area contributed by atoms with Gasteiger partial charge in [-0.25, -0.2) is 0 Å². The number of ether oxygens (including phenoxy) is 1. The Labute approximate surface area is 135 Å². The summed E-state index contributed by atoms with van der Waals surface area (Å²) < 4.78 is 10.7. The van der Waals surface area contributed by atoms with E-state index in [4.69, 9.17) is 9.15 Å². The van der Waals surface area contributed by atoms with E-state index in [9.17, 15) is 9.90 Å². The predicted octanol–water partition coefficient (Wildman–Crippen LogP) is 2.60. The number of rotatable bonds is 5. The average molecular weight is 317 g/mol. The minimum Gasteiger partial charge on any atom is -0.497 e. The van der Waals surface area contributed by atoms with Gasteiger partial charge in [-0.1, -0.05) is 6.42 Å². The third-order valence-electron chi connectivity index (χ3n) is 4.76. The molecule has 124 valence electrons. The molecule has 2 unspecified atom stereocenters. The van der Waals surface area contributed by atoms with Crippen molar-refractivity contribution in [1.82, 2.24) is 4.90 Å². The second-order valence-electron chi connectivity index (χ2n) is 6.33. The number of fused-ring (bicyclic) bond motifs is 1. The molecule has 1 aromatic carbocycles. The van der Waals surface area contributed by atoms with Gasteiger partial charge in [0.25, 0.3) is 0 Å². The van der Waals surface area contributed by atoms with Crippen LogP contribution in [0.25, 0.3) is 11.0 Å². The van der Waals surface area contributed by atoms with E-state index in [1.807, 2.05) is 18.2 Å². The number of likely N-dealkylation sites (N-methyl/N-ethyl adjacent to an activating group) is 1. The largest absolute Gasteiger partial charge is 0.497 e. The molecule has 5 nitrogen and oxygen atoms in total. The first-order valence-corrected chi connectivity index (χ1v) is 8.04. The Morgan fingerprint density at radius 2 is 2.26 bits per heavy atom. The fraction of sp³-hybridized carbons (Fsp3) is 0.500. The number of hydrogen-bond donors (Lipinski definition) is 1. The lowest BCUT2D eigenvalue weighted by atomic mass is 10.0. The number of benzene rings is 1. The summed E-state index contributed by atoms with van der Waals surface area (Å²) in [5, 5.41) is 10.8. The first-order chi connectivity index (χ1) is 11.1. The summed E-state index contributed by atoms with van der Waals surface area (Å²) in [6.45, 7) is 0.615. The maximum Gasteiger partial charge on any atom is 0.226 e. The van der Waals surface area contributed by atoms with Crippen molar-refractivity contribution in [2.75, 3.05) is 20.7 Å². The Balaban J connectivity index is 1.67. The van der Waals surface area contributed by atoms with Gasteiger partial charge in [0.15, 0.2) is 0 Å². The first-order valence-electron chi connectivity index (χ1n) is 8.04. The first kappa shape index (κ1) is 15.9. The molecule has 2 aromatic rings. The average Bonchev–Trinajstić information content (AvgIpc) is 3.13. The Morgan fingerprint density at radius 1 is 1.43 bits per heavy atom. The second-order valence-corrected chi connectivity index (χ2v) is 6.33. The van der Waals surface area contributed by atoms with E-state index in [1.165, 1.54) is 0 Å². The highest BCUT2D eigenvalue weighted by Crippen LogP contribution is 2.28. The van der Waals surface area contributed by atoms with Crippen molar-refractivity contribution in [3.05, 3.63) is 30.0 Å². The maximum atomic E-state index is 12.4. The molecular weight excluding hydrogens is 294 g/mol. The Bertz CT molecular complexity index is 693. The summed E-state index contributed by atoms with van der Waals surface area (Å²) in [5.41, 5.74) is 1.60. The van der Waals surface area contributed by atoms with Gasteiger partial charge < -0.3 is 19.2 Å². The van der Waals surface area contributed by atoms with Crippen molar-refractivity contribution in [2.45, 2.75) is 31.8 Å². The SMILES string of the molecule is COc1ccc2c(CC(=O)N(C)CC3CCCC3O)coc2c1. The van der Waals surface area contributed by atoms with Crippen LogP contribution in [-0.2, 0) is 11.2 Å². The number of carbonyl (C=O) groups excluding carboxylic acids is 1. The molecule has 1 heterocycles. The lowest BCUT2D eigenvalue weighted by Crippen LogP contribution is -2.35. The zero-order chi connectivity index (χ0) is 16.4. The molecule has 1 N–H and O–H groups in total. The number of aliphatic hydroxyl groups excluding tert-OH is 1. The number of furan rings is 1. The Morgan fingerprint density at radius 3 is 2.96 bits per heavy atom. The molecule has 23 heavy (non-hydrogen) atoms. The van der Waals surface area contributed by atoms with Crippen molar-refractivity contribution in [3.63, 3.8) is 0 Å². The van der Waals surface area contributed by atoms with E-state index >= 15 is 0 Å². The van der Waals surface area contributed by atoms with Gasteiger partial charge in [-0.15, -0.1) is 0 Å². The Hall–Kier alpha value is -2.01. The van der Waals surface area contributed by atoms with Crippen molar-refractivity contribution < 1.29 is 19.1 Å². The van der Waals surface area contributed by atoms with Gasteiger partial charge in [0, 0.05) is 36.5 Å². The molecule has 3 rings (SSSR count). The molecule has 1 aliphatic rings. The molecule has 1 aliphatic carbocycles. The highest BCUT2D eigenvalue weighted by molar-refractivity contribution is 5.88. The van der Waals surface area contributed by atoms with E-state index < -0.39 is 0 Å². The summed E-state index contributed by atoms with van der Waals surface area (Å²) in [5.74, 6) is 0.981. The summed E-state index contributed by atoms with van der Waals surface area (Å²) in [6, 6.07) is 5.60. The number of aliphatic hydroxyl groups is 1. The molecule has 1 saturated carbocycles. The van der Waals surface area contributed by atoms with Crippen LogP contribution in [0.15, 0.2) is 28.9 Å². The molecule has 5 heteroatoms. The van der Waals surface area contributed by atoms with Crippen LogP contribution in [0.5, 0.6) is 5.75 Å². The van der Waals surface area contributed by atoms with E-state index in [0.29, 0.717) is 13.0 Å². The van der Waals surface area contributed by atoms with Crippen LogP contribution < -0.4 is 4.74 Å². The third kappa shape index (κ3) is 3.34. The number of carbonyl (C=O) groups is 1. The number of methoxy groups -OCH3 is 1. The lowest BCUT2D eigenvalue weighted by Gasteiger charge is -2.23.